The van der Waals surface area contributed by atoms with Crippen molar-refractivity contribution in [2.75, 3.05) is 0 Å². The molecule has 0 aromatic carbocycles. The van der Waals surface area contributed by atoms with Crippen LogP contribution in [0.15, 0.2) is 12.2 Å². The van der Waals surface area contributed by atoms with Gasteiger partial charge in [0.05, 0.1) is 0 Å². The first-order valence-corrected chi connectivity index (χ1v) is 5.04. The molecule has 0 saturated heterocycles. The molecule has 1 atom stereocenters. The van der Waals surface area contributed by atoms with Gasteiger partial charge in [0.15, 0.2) is 0 Å². The van der Waals surface area contributed by atoms with E-state index in [9.17, 15) is 0 Å². The molecular formula is C12H22. The van der Waals surface area contributed by atoms with E-state index in [0.29, 0.717) is 0 Å². The van der Waals surface area contributed by atoms with E-state index in [1.165, 1.54) is 25.7 Å². The van der Waals surface area contributed by atoms with E-state index in [2.05, 4.69) is 32.9 Å². The molecule has 12 heavy (non-hydrogen) atoms. The van der Waals surface area contributed by atoms with E-state index in [0.717, 1.165) is 18.8 Å². The molecule has 0 fully saturated rings. The summed E-state index contributed by atoms with van der Waals surface area (Å²) in [5.41, 5.74) is 0. The molecule has 0 spiro atoms. The van der Waals surface area contributed by atoms with Gasteiger partial charge in [-0.15, -0.1) is 0 Å². The Labute approximate surface area is 78.1 Å². The van der Waals surface area contributed by atoms with Gasteiger partial charge in [-0.25, -0.2) is 0 Å². The quantitative estimate of drug-likeness (QED) is 0.393. The highest BCUT2D eigenvalue weighted by atomic mass is 14.0. The maximum Gasteiger partial charge on any atom is -0.0351 e. The maximum absolute atomic E-state index is 3.89. The Morgan fingerprint density at radius 3 is 2.50 bits per heavy atom. The second-order valence-corrected chi connectivity index (χ2v) is 3.44. The number of unbranched alkanes of at least 4 members (excludes halogenated alkanes) is 2. The molecule has 0 amide bonds. The molecule has 0 aromatic heterocycles. The molecule has 0 N–H and O–H groups in total. The fraction of sp³-hybridized carbons (Fsp3) is 0.667. The van der Waals surface area contributed by atoms with Crippen LogP contribution in [0.5, 0.6) is 0 Å². The van der Waals surface area contributed by atoms with Gasteiger partial charge in [0.1, 0.15) is 0 Å². The smallest absolute Gasteiger partial charge is 0.0351 e. The van der Waals surface area contributed by atoms with Gasteiger partial charge in [-0.3, -0.25) is 0 Å². The minimum absolute atomic E-state index is 0.807. The van der Waals surface area contributed by atoms with Crippen molar-refractivity contribution in [2.45, 2.75) is 45.4 Å². The largest absolute Gasteiger partial charge is 0.0885 e. The Morgan fingerprint density at radius 2 is 1.92 bits per heavy atom. The summed E-state index contributed by atoms with van der Waals surface area (Å²) in [7, 11) is 0. The Balaban J connectivity index is 3.05. The number of allylic oxidation sites excluding steroid dienone is 2. The molecule has 70 valence electrons. The van der Waals surface area contributed by atoms with E-state index in [1.807, 2.05) is 0 Å². The van der Waals surface area contributed by atoms with E-state index >= 15 is 0 Å². The summed E-state index contributed by atoms with van der Waals surface area (Å²) in [6.07, 6.45) is 11.6. The highest BCUT2D eigenvalue weighted by molar-refractivity contribution is 4.81. The first kappa shape index (κ1) is 11.7. The number of hydrogen-bond donors (Lipinski definition) is 0. The fourth-order valence-electron chi connectivity index (χ4n) is 1.14. The lowest BCUT2D eigenvalue weighted by Gasteiger charge is -2.05. The van der Waals surface area contributed by atoms with Gasteiger partial charge in [-0.05, 0) is 32.1 Å². The summed E-state index contributed by atoms with van der Waals surface area (Å²) >= 11 is 0. The first-order valence-electron chi connectivity index (χ1n) is 5.04. The molecule has 1 unspecified atom stereocenters. The monoisotopic (exact) mass is 166 g/mol. The van der Waals surface area contributed by atoms with E-state index in [4.69, 9.17) is 0 Å². The van der Waals surface area contributed by atoms with Crippen molar-refractivity contribution < 1.29 is 0 Å². The molecule has 0 saturated carbocycles. The van der Waals surface area contributed by atoms with Crippen LogP contribution < -0.4 is 0 Å². The molecule has 2 radical (unpaired) electrons. The van der Waals surface area contributed by atoms with Crippen LogP contribution in [0.4, 0.5) is 0 Å². The Bertz CT molecular complexity index is 103. The third-order valence-corrected chi connectivity index (χ3v) is 2.14. The Kier molecular flexibility index (Phi) is 8.64. The van der Waals surface area contributed by atoms with Crippen LogP contribution in [0.1, 0.15) is 45.4 Å². The summed E-state index contributed by atoms with van der Waals surface area (Å²) in [6.45, 7) is 9.92. The maximum atomic E-state index is 3.89. The molecule has 0 heterocycles. The van der Waals surface area contributed by atoms with Crippen molar-refractivity contribution in [3.8, 4) is 0 Å². The number of hydrogen-bond acceptors (Lipinski definition) is 0. The zero-order valence-corrected chi connectivity index (χ0v) is 8.39. The zero-order chi connectivity index (χ0) is 9.23. The van der Waals surface area contributed by atoms with E-state index in [1.54, 1.807) is 0 Å². The summed E-state index contributed by atoms with van der Waals surface area (Å²) in [5.74, 6) is 0.807. The van der Waals surface area contributed by atoms with Crippen LogP contribution in [-0.4, -0.2) is 0 Å². The molecule has 0 aromatic rings. The minimum atomic E-state index is 0.807. The van der Waals surface area contributed by atoms with Gasteiger partial charge in [0.2, 0.25) is 0 Å². The van der Waals surface area contributed by atoms with Crippen LogP contribution in [0.3, 0.4) is 0 Å². The first-order chi connectivity index (χ1) is 5.81. The van der Waals surface area contributed by atoms with Crippen molar-refractivity contribution in [2.24, 2.45) is 5.92 Å². The lowest BCUT2D eigenvalue weighted by atomic mass is 10.0. The summed E-state index contributed by atoms with van der Waals surface area (Å²) in [4.78, 5) is 0. The SMILES string of the molecule is [CH2]C/C=C/CCCCC(C)C[CH2]. The molecule has 0 bridgehead atoms. The highest BCUT2D eigenvalue weighted by Gasteiger charge is 1.96. The second-order valence-electron chi connectivity index (χ2n) is 3.44. The van der Waals surface area contributed by atoms with Crippen molar-refractivity contribution in [3.63, 3.8) is 0 Å². The standard InChI is InChI=1S/C12H22/c1-4-6-7-8-9-10-11-12(3)5-2/h6-7,12H,1-2,4-5,8-11H2,3H3/b7-6+. The molecule has 0 nitrogen and oxygen atoms in total. The van der Waals surface area contributed by atoms with Crippen LogP contribution in [0.2, 0.25) is 0 Å². The molecule has 0 aliphatic rings. The third-order valence-electron chi connectivity index (χ3n) is 2.14. The average molecular weight is 166 g/mol. The second kappa shape index (κ2) is 8.83. The van der Waals surface area contributed by atoms with Crippen molar-refractivity contribution >= 4 is 0 Å². The predicted molar refractivity (Wildman–Crippen MR) is 56.7 cm³/mol. The summed E-state index contributed by atoms with van der Waals surface area (Å²) < 4.78 is 0. The van der Waals surface area contributed by atoms with Crippen molar-refractivity contribution in [1.29, 1.82) is 0 Å². The Morgan fingerprint density at radius 1 is 1.17 bits per heavy atom. The van der Waals surface area contributed by atoms with Gasteiger partial charge in [0.25, 0.3) is 0 Å². The van der Waals surface area contributed by atoms with Crippen LogP contribution in [0, 0.1) is 19.8 Å². The van der Waals surface area contributed by atoms with Gasteiger partial charge in [-0.1, -0.05) is 45.3 Å². The lowest BCUT2D eigenvalue weighted by Crippen LogP contribution is -1.91. The molecule has 0 heteroatoms. The van der Waals surface area contributed by atoms with Gasteiger partial charge in [0, 0.05) is 0 Å². The molecule has 0 aliphatic carbocycles. The van der Waals surface area contributed by atoms with Crippen LogP contribution in [0.25, 0.3) is 0 Å². The molecular weight excluding hydrogens is 144 g/mol. The van der Waals surface area contributed by atoms with E-state index in [-0.39, 0.29) is 0 Å². The fourth-order valence-corrected chi connectivity index (χ4v) is 1.14. The molecule has 0 rings (SSSR count). The normalized spacial score (nSPS) is 13.9. The zero-order valence-electron chi connectivity index (χ0n) is 8.39. The van der Waals surface area contributed by atoms with Crippen molar-refractivity contribution in [1.82, 2.24) is 0 Å². The number of rotatable bonds is 7. The van der Waals surface area contributed by atoms with Crippen LogP contribution in [-0.2, 0) is 0 Å². The average Bonchev–Trinajstić information content (AvgIpc) is 2.10. The lowest BCUT2D eigenvalue weighted by molar-refractivity contribution is 0.504. The predicted octanol–water partition coefficient (Wildman–Crippen LogP) is 4.19. The minimum Gasteiger partial charge on any atom is -0.0885 e. The highest BCUT2D eigenvalue weighted by Crippen LogP contribution is 2.11. The summed E-state index contributed by atoms with van der Waals surface area (Å²) in [6, 6.07) is 0. The van der Waals surface area contributed by atoms with E-state index < -0.39 is 0 Å². The van der Waals surface area contributed by atoms with Gasteiger partial charge < -0.3 is 0 Å². The van der Waals surface area contributed by atoms with Gasteiger partial charge >= 0.3 is 0 Å². The van der Waals surface area contributed by atoms with Crippen molar-refractivity contribution in [3.05, 3.63) is 26.0 Å². The third kappa shape index (κ3) is 7.84. The van der Waals surface area contributed by atoms with Gasteiger partial charge in [-0.2, -0.15) is 0 Å². The summed E-state index contributed by atoms with van der Waals surface area (Å²) in [5, 5.41) is 0. The van der Waals surface area contributed by atoms with Crippen LogP contribution >= 0.6 is 0 Å². The molecule has 0 aliphatic heterocycles. The Hall–Kier alpha value is -0.260. The topological polar surface area (TPSA) is 0 Å².